The molecule has 3 aromatic rings. The summed E-state index contributed by atoms with van der Waals surface area (Å²) in [5, 5.41) is 5.46. The van der Waals surface area contributed by atoms with Crippen molar-refractivity contribution in [2.75, 3.05) is 14.2 Å². The van der Waals surface area contributed by atoms with E-state index in [9.17, 15) is 4.79 Å². The van der Waals surface area contributed by atoms with Gasteiger partial charge in [0, 0.05) is 5.39 Å². The van der Waals surface area contributed by atoms with Gasteiger partial charge in [0.2, 0.25) is 0 Å². The summed E-state index contributed by atoms with van der Waals surface area (Å²) in [5.74, 6) is 0.869. The maximum Gasteiger partial charge on any atom is 0.283 e. The Balaban J connectivity index is 1.82. The van der Waals surface area contributed by atoms with Crippen LogP contribution in [0.5, 0.6) is 11.5 Å². The van der Waals surface area contributed by atoms with Crippen molar-refractivity contribution in [3.63, 3.8) is 0 Å². The van der Waals surface area contributed by atoms with Crippen LogP contribution < -0.4 is 14.9 Å². The van der Waals surface area contributed by atoms with Crippen LogP contribution in [0, 0.1) is 6.92 Å². The van der Waals surface area contributed by atoms with Gasteiger partial charge in [-0.3, -0.25) is 4.79 Å². The van der Waals surface area contributed by atoms with Gasteiger partial charge in [-0.05, 0) is 36.2 Å². The van der Waals surface area contributed by atoms with Gasteiger partial charge in [0.25, 0.3) is 5.91 Å². The minimum Gasteiger partial charge on any atom is -0.496 e. The number of nitrogens with zero attached hydrogens (tertiary/aromatic N) is 1. The summed E-state index contributed by atoms with van der Waals surface area (Å²) in [5.41, 5.74) is 4.31. The number of methoxy groups -OCH3 is 2. The zero-order chi connectivity index (χ0) is 19.6. The zero-order valence-corrected chi connectivity index (χ0v) is 17.1. The van der Waals surface area contributed by atoms with Crippen LogP contribution in [0.4, 0.5) is 0 Å². The highest BCUT2D eigenvalue weighted by molar-refractivity contribution is 7.22. The van der Waals surface area contributed by atoms with Crippen LogP contribution >= 0.6 is 34.5 Å². The molecule has 2 aromatic carbocycles. The van der Waals surface area contributed by atoms with E-state index < -0.39 is 5.91 Å². The quantitative estimate of drug-likeness (QED) is 0.448. The fourth-order valence-electron chi connectivity index (χ4n) is 2.52. The summed E-state index contributed by atoms with van der Waals surface area (Å²) in [6.07, 6.45) is 1.54. The highest BCUT2D eigenvalue weighted by Gasteiger charge is 2.20. The molecule has 3 rings (SSSR count). The molecule has 8 heteroatoms. The molecule has 0 saturated carbocycles. The van der Waals surface area contributed by atoms with Gasteiger partial charge in [-0.1, -0.05) is 35.3 Å². The van der Waals surface area contributed by atoms with Crippen molar-refractivity contribution in [2.45, 2.75) is 6.92 Å². The molecule has 0 fully saturated rings. The van der Waals surface area contributed by atoms with Crippen LogP contribution in [-0.2, 0) is 0 Å². The molecule has 1 heterocycles. The van der Waals surface area contributed by atoms with Crippen molar-refractivity contribution in [3.8, 4) is 11.5 Å². The van der Waals surface area contributed by atoms with Gasteiger partial charge >= 0.3 is 0 Å². The monoisotopic (exact) mass is 422 g/mol. The van der Waals surface area contributed by atoms with E-state index in [-0.39, 0.29) is 0 Å². The number of halogens is 2. The number of thiophene rings is 1. The predicted molar refractivity (Wildman–Crippen MR) is 111 cm³/mol. The number of hydrogen-bond acceptors (Lipinski definition) is 5. The lowest BCUT2D eigenvalue weighted by atomic mass is 10.1. The highest BCUT2D eigenvalue weighted by atomic mass is 35.5. The zero-order valence-electron chi connectivity index (χ0n) is 14.8. The van der Waals surface area contributed by atoms with Crippen LogP contribution in [0.1, 0.15) is 20.8 Å². The molecule has 140 valence electrons. The van der Waals surface area contributed by atoms with Gasteiger partial charge in [-0.2, -0.15) is 5.10 Å². The van der Waals surface area contributed by atoms with E-state index >= 15 is 0 Å². The molecule has 1 aromatic heterocycles. The highest BCUT2D eigenvalue weighted by Crippen LogP contribution is 2.42. The predicted octanol–water partition coefficient (Wildman–Crippen LogP) is 5.30. The van der Waals surface area contributed by atoms with Crippen LogP contribution in [0.2, 0.25) is 10.0 Å². The van der Waals surface area contributed by atoms with Gasteiger partial charge in [0.15, 0.2) is 0 Å². The van der Waals surface area contributed by atoms with E-state index in [0.717, 1.165) is 16.9 Å². The fraction of sp³-hybridized carbons (Fsp3) is 0.158. The number of fused-ring (bicyclic) bond motifs is 1. The molecule has 0 unspecified atom stereocenters. The number of aryl methyl sites for hydroxylation is 1. The lowest BCUT2D eigenvalue weighted by Crippen LogP contribution is -2.16. The Labute approximate surface area is 170 Å². The molecule has 0 aliphatic rings. The minimum absolute atomic E-state index is 0.334. The Bertz CT molecular complexity index is 1050. The Kier molecular flexibility index (Phi) is 5.89. The van der Waals surface area contributed by atoms with E-state index in [2.05, 4.69) is 10.5 Å². The first-order valence-electron chi connectivity index (χ1n) is 7.88. The molecule has 0 spiro atoms. The number of rotatable bonds is 5. The second-order valence-corrected chi connectivity index (χ2v) is 7.41. The standard InChI is InChI=1S/C19H16Cl2N2O3S/c1-10-4-5-11(8-14(10)26-3)9-22-23-19(24)18-15(20)12-6-7-13(25-2)16(21)17(12)27-18/h4-9H,1-3H3,(H,23,24)/b22-9+. The van der Waals surface area contributed by atoms with Crippen LogP contribution in [0.25, 0.3) is 10.1 Å². The average Bonchev–Trinajstić information content (AvgIpc) is 3.01. The van der Waals surface area contributed by atoms with Crippen molar-refractivity contribution in [3.05, 3.63) is 56.4 Å². The van der Waals surface area contributed by atoms with Gasteiger partial charge in [0.05, 0.1) is 30.2 Å². The van der Waals surface area contributed by atoms with Gasteiger partial charge in [-0.15, -0.1) is 11.3 Å². The molecule has 0 radical (unpaired) electrons. The number of hydrazone groups is 1. The lowest BCUT2D eigenvalue weighted by molar-refractivity contribution is 0.0959. The summed E-state index contributed by atoms with van der Waals surface area (Å²) >= 11 is 13.9. The molecule has 0 saturated heterocycles. The Morgan fingerprint density at radius 3 is 2.56 bits per heavy atom. The normalized spacial score (nSPS) is 11.1. The molecule has 27 heavy (non-hydrogen) atoms. The maximum absolute atomic E-state index is 12.5. The molecule has 0 atom stereocenters. The summed E-state index contributed by atoms with van der Waals surface area (Å²) in [7, 11) is 3.14. The molecule has 5 nitrogen and oxygen atoms in total. The Morgan fingerprint density at radius 2 is 1.85 bits per heavy atom. The average molecular weight is 423 g/mol. The number of benzene rings is 2. The molecular formula is C19H16Cl2N2O3S. The number of hydrogen-bond donors (Lipinski definition) is 1. The molecule has 1 amide bonds. The van der Waals surface area contributed by atoms with Crippen molar-refractivity contribution in [2.24, 2.45) is 5.10 Å². The van der Waals surface area contributed by atoms with E-state index in [4.69, 9.17) is 32.7 Å². The van der Waals surface area contributed by atoms with Gasteiger partial charge in [0.1, 0.15) is 21.4 Å². The summed E-state index contributed by atoms with van der Waals surface area (Å²) < 4.78 is 11.2. The SMILES string of the molecule is COc1cc(/C=N/NC(=O)c2sc3c(Cl)c(OC)ccc3c2Cl)ccc1C. The minimum atomic E-state index is -0.411. The largest absolute Gasteiger partial charge is 0.496 e. The summed E-state index contributed by atoms with van der Waals surface area (Å²) in [4.78, 5) is 12.8. The van der Waals surface area contributed by atoms with Crippen molar-refractivity contribution in [1.29, 1.82) is 0 Å². The van der Waals surface area contributed by atoms with E-state index in [1.165, 1.54) is 24.7 Å². The molecular weight excluding hydrogens is 407 g/mol. The summed E-state index contributed by atoms with van der Waals surface area (Å²) in [6.45, 7) is 1.95. The van der Waals surface area contributed by atoms with E-state index in [1.807, 2.05) is 25.1 Å². The van der Waals surface area contributed by atoms with E-state index in [1.54, 1.807) is 19.2 Å². The Morgan fingerprint density at radius 1 is 1.11 bits per heavy atom. The maximum atomic E-state index is 12.5. The smallest absolute Gasteiger partial charge is 0.283 e. The second kappa shape index (κ2) is 8.17. The third-order valence-electron chi connectivity index (χ3n) is 3.94. The third kappa shape index (κ3) is 3.88. The Hall–Kier alpha value is -2.28. The van der Waals surface area contributed by atoms with Crippen molar-refractivity contribution in [1.82, 2.24) is 5.43 Å². The molecule has 0 aliphatic heterocycles. The number of ether oxygens (including phenoxy) is 2. The topological polar surface area (TPSA) is 59.9 Å². The van der Waals surface area contributed by atoms with Crippen LogP contribution in [0.15, 0.2) is 35.4 Å². The van der Waals surface area contributed by atoms with Crippen LogP contribution in [0.3, 0.4) is 0 Å². The fourth-order valence-corrected chi connectivity index (χ4v) is 4.30. The first kappa shape index (κ1) is 19.5. The van der Waals surface area contributed by atoms with Crippen molar-refractivity contribution < 1.29 is 14.3 Å². The first-order chi connectivity index (χ1) is 13.0. The molecule has 0 bridgehead atoms. The molecule has 0 aliphatic carbocycles. The van der Waals surface area contributed by atoms with Crippen LogP contribution in [-0.4, -0.2) is 26.3 Å². The number of carbonyl (C=O) groups excluding carboxylic acids is 1. The molecule has 1 N–H and O–H groups in total. The summed E-state index contributed by atoms with van der Waals surface area (Å²) in [6, 6.07) is 9.13. The number of amides is 1. The second-order valence-electron chi connectivity index (χ2n) is 5.63. The first-order valence-corrected chi connectivity index (χ1v) is 9.46. The number of nitrogens with one attached hydrogen (secondary N) is 1. The van der Waals surface area contributed by atoms with Crippen molar-refractivity contribution >= 4 is 56.7 Å². The van der Waals surface area contributed by atoms with E-state index in [0.29, 0.717) is 30.8 Å². The lowest BCUT2D eigenvalue weighted by Gasteiger charge is -2.04. The number of carbonyl (C=O) groups is 1. The third-order valence-corrected chi connectivity index (χ3v) is 6.15. The van der Waals surface area contributed by atoms with Gasteiger partial charge < -0.3 is 9.47 Å². The van der Waals surface area contributed by atoms with Gasteiger partial charge in [-0.25, -0.2) is 5.43 Å².